The number of fused-ring (bicyclic) bond motifs is 1. The number of para-hydroxylation sites is 1. The van der Waals surface area contributed by atoms with E-state index >= 15 is 0 Å². The highest BCUT2D eigenvalue weighted by atomic mass is 16.5. The predicted molar refractivity (Wildman–Crippen MR) is 103 cm³/mol. The van der Waals surface area contributed by atoms with E-state index in [-0.39, 0.29) is 11.1 Å². The van der Waals surface area contributed by atoms with Crippen LogP contribution < -0.4 is 21.4 Å². The van der Waals surface area contributed by atoms with E-state index in [0.29, 0.717) is 29.0 Å². The van der Waals surface area contributed by atoms with E-state index in [1.807, 2.05) is 19.1 Å². The number of hydrogen-bond acceptors (Lipinski definition) is 5. The smallest absolute Gasteiger partial charge is 0.349 e. The second-order valence-electron chi connectivity index (χ2n) is 6.74. The lowest BCUT2D eigenvalue weighted by Gasteiger charge is -2.11. The molecule has 27 heavy (non-hydrogen) atoms. The summed E-state index contributed by atoms with van der Waals surface area (Å²) in [6.45, 7) is 2.30. The summed E-state index contributed by atoms with van der Waals surface area (Å²) < 4.78 is 10.8. The first-order chi connectivity index (χ1) is 13.0. The van der Waals surface area contributed by atoms with Gasteiger partial charge in [0.2, 0.25) is 0 Å². The van der Waals surface area contributed by atoms with E-state index in [0.717, 1.165) is 18.4 Å². The lowest BCUT2D eigenvalue weighted by molar-refractivity contribution is 0.102. The standard InChI is InChI=1S/C21H20N2O4/c1-2-26-17-5-3-4-13-12-16(20(25)27-18(13)17)19(24)23-15-8-6-14(7-9-15)21(22)10-11-21/h3-9,12H,2,10-11,22H2,1H3,(H,23,24). The molecular formula is C21H20N2O4. The molecule has 2 aromatic carbocycles. The van der Waals surface area contributed by atoms with Crippen molar-refractivity contribution in [3.63, 3.8) is 0 Å². The van der Waals surface area contributed by atoms with E-state index in [2.05, 4.69) is 5.32 Å². The summed E-state index contributed by atoms with van der Waals surface area (Å²) in [6, 6.07) is 14.2. The normalized spacial score (nSPS) is 14.7. The molecule has 0 bridgehead atoms. The maximum Gasteiger partial charge on any atom is 0.349 e. The van der Waals surface area contributed by atoms with Crippen molar-refractivity contribution in [1.82, 2.24) is 0 Å². The molecule has 6 heteroatoms. The molecule has 0 unspecified atom stereocenters. The van der Waals surface area contributed by atoms with Gasteiger partial charge in [-0.25, -0.2) is 4.79 Å². The third kappa shape index (κ3) is 3.31. The summed E-state index contributed by atoms with van der Waals surface area (Å²) in [7, 11) is 0. The molecule has 1 saturated carbocycles. The topological polar surface area (TPSA) is 94.6 Å². The monoisotopic (exact) mass is 364 g/mol. The maximum absolute atomic E-state index is 12.6. The quantitative estimate of drug-likeness (QED) is 0.677. The van der Waals surface area contributed by atoms with Crippen molar-refractivity contribution < 1.29 is 13.9 Å². The lowest BCUT2D eigenvalue weighted by atomic mass is 10.1. The Morgan fingerprint density at radius 2 is 1.96 bits per heavy atom. The van der Waals surface area contributed by atoms with E-state index in [4.69, 9.17) is 14.9 Å². The van der Waals surface area contributed by atoms with Crippen LogP contribution in [0.3, 0.4) is 0 Å². The zero-order valence-electron chi connectivity index (χ0n) is 15.0. The Balaban J connectivity index is 1.60. The number of ether oxygens (including phenoxy) is 1. The molecule has 1 amide bonds. The van der Waals surface area contributed by atoms with Crippen molar-refractivity contribution in [3.8, 4) is 5.75 Å². The highest BCUT2D eigenvalue weighted by molar-refractivity contribution is 6.05. The molecule has 1 fully saturated rings. The summed E-state index contributed by atoms with van der Waals surface area (Å²) in [5.41, 5.74) is 7.16. The van der Waals surface area contributed by atoms with Gasteiger partial charge in [-0.05, 0) is 49.6 Å². The first kappa shape index (κ1) is 17.3. The van der Waals surface area contributed by atoms with Crippen LogP contribution in [0.2, 0.25) is 0 Å². The fourth-order valence-corrected chi connectivity index (χ4v) is 3.05. The summed E-state index contributed by atoms with van der Waals surface area (Å²) in [4.78, 5) is 24.9. The molecule has 3 N–H and O–H groups in total. The van der Waals surface area contributed by atoms with Gasteiger partial charge in [-0.3, -0.25) is 4.79 Å². The van der Waals surface area contributed by atoms with Crippen molar-refractivity contribution in [2.75, 3.05) is 11.9 Å². The van der Waals surface area contributed by atoms with Crippen LogP contribution in [0.5, 0.6) is 5.75 Å². The largest absolute Gasteiger partial charge is 0.490 e. The number of rotatable bonds is 5. The van der Waals surface area contributed by atoms with Crippen LogP contribution in [0.15, 0.2) is 57.7 Å². The Bertz CT molecular complexity index is 1070. The van der Waals surface area contributed by atoms with Gasteiger partial charge in [-0.1, -0.05) is 24.3 Å². The van der Waals surface area contributed by atoms with Gasteiger partial charge >= 0.3 is 5.63 Å². The highest BCUT2D eigenvalue weighted by Crippen LogP contribution is 2.42. The minimum absolute atomic E-state index is 0.0577. The van der Waals surface area contributed by atoms with Gasteiger partial charge in [0.15, 0.2) is 11.3 Å². The van der Waals surface area contributed by atoms with Crippen molar-refractivity contribution in [3.05, 3.63) is 70.1 Å². The van der Waals surface area contributed by atoms with E-state index in [1.165, 1.54) is 6.07 Å². The molecule has 1 heterocycles. The molecule has 1 aliphatic rings. The fourth-order valence-electron chi connectivity index (χ4n) is 3.05. The van der Waals surface area contributed by atoms with Crippen LogP contribution in [0.25, 0.3) is 11.0 Å². The first-order valence-corrected chi connectivity index (χ1v) is 8.90. The summed E-state index contributed by atoms with van der Waals surface area (Å²) in [5, 5.41) is 3.36. The van der Waals surface area contributed by atoms with Crippen molar-refractivity contribution >= 4 is 22.6 Å². The number of carbonyl (C=O) groups excluding carboxylic acids is 1. The van der Waals surface area contributed by atoms with E-state index in [1.54, 1.807) is 30.3 Å². The zero-order valence-corrected chi connectivity index (χ0v) is 15.0. The molecule has 1 aromatic heterocycles. The van der Waals surface area contributed by atoms with Crippen LogP contribution >= 0.6 is 0 Å². The molecular weight excluding hydrogens is 344 g/mol. The fraction of sp³-hybridized carbons (Fsp3) is 0.238. The molecule has 138 valence electrons. The Hall–Kier alpha value is -3.12. The molecule has 0 radical (unpaired) electrons. The van der Waals surface area contributed by atoms with Crippen LogP contribution in [0.4, 0.5) is 5.69 Å². The minimum atomic E-state index is -0.706. The van der Waals surface area contributed by atoms with E-state index in [9.17, 15) is 9.59 Å². The first-order valence-electron chi connectivity index (χ1n) is 8.90. The number of anilines is 1. The summed E-state index contributed by atoms with van der Waals surface area (Å²) >= 11 is 0. The van der Waals surface area contributed by atoms with Crippen LogP contribution in [0.1, 0.15) is 35.7 Å². The molecule has 0 atom stereocenters. The second-order valence-corrected chi connectivity index (χ2v) is 6.74. The number of nitrogens with one attached hydrogen (secondary N) is 1. The number of benzene rings is 2. The van der Waals surface area contributed by atoms with Gasteiger partial charge in [0, 0.05) is 16.6 Å². The third-order valence-electron chi connectivity index (χ3n) is 4.77. The third-order valence-corrected chi connectivity index (χ3v) is 4.77. The molecule has 1 aliphatic carbocycles. The Labute approximate surface area is 155 Å². The van der Waals surface area contributed by atoms with Crippen LogP contribution in [0, 0.1) is 0 Å². The van der Waals surface area contributed by atoms with E-state index < -0.39 is 11.5 Å². The van der Waals surface area contributed by atoms with Crippen LogP contribution in [-0.2, 0) is 5.54 Å². The molecule has 6 nitrogen and oxygen atoms in total. The van der Waals surface area contributed by atoms with Gasteiger partial charge in [0.1, 0.15) is 5.56 Å². The van der Waals surface area contributed by atoms with Crippen molar-refractivity contribution in [1.29, 1.82) is 0 Å². The SMILES string of the molecule is CCOc1cccc2cc(C(=O)Nc3ccc(C4(N)CC4)cc3)c(=O)oc12. The molecule has 0 aliphatic heterocycles. The molecule has 0 spiro atoms. The molecule has 4 rings (SSSR count). The summed E-state index contributed by atoms with van der Waals surface area (Å²) in [5.74, 6) is -0.0421. The molecule has 3 aromatic rings. The van der Waals surface area contributed by atoms with Gasteiger partial charge in [-0.2, -0.15) is 0 Å². The zero-order chi connectivity index (χ0) is 19.0. The highest BCUT2D eigenvalue weighted by Gasteiger charge is 2.39. The number of nitrogens with two attached hydrogens (primary N) is 1. The Morgan fingerprint density at radius 3 is 2.63 bits per heavy atom. The predicted octanol–water partition coefficient (Wildman–Crippen LogP) is 3.39. The number of hydrogen-bond donors (Lipinski definition) is 2. The number of amides is 1. The summed E-state index contributed by atoms with van der Waals surface area (Å²) in [6.07, 6.45) is 1.95. The van der Waals surface area contributed by atoms with Crippen molar-refractivity contribution in [2.45, 2.75) is 25.3 Å². The Kier molecular flexibility index (Phi) is 4.20. The Morgan fingerprint density at radius 1 is 1.22 bits per heavy atom. The van der Waals surface area contributed by atoms with Gasteiger partial charge in [-0.15, -0.1) is 0 Å². The average Bonchev–Trinajstić information content (AvgIpc) is 3.41. The molecule has 0 saturated heterocycles. The lowest BCUT2D eigenvalue weighted by Crippen LogP contribution is -2.21. The van der Waals surface area contributed by atoms with Gasteiger partial charge in [0.05, 0.1) is 6.61 Å². The van der Waals surface area contributed by atoms with Gasteiger partial charge < -0.3 is 20.2 Å². The maximum atomic E-state index is 12.6. The second kappa shape index (κ2) is 6.55. The minimum Gasteiger partial charge on any atom is -0.490 e. The van der Waals surface area contributed by atoms with Gasteiger partial charge in [0.25, 0.3) is 5.91 Å². The van der Waals surface area contributed by atoms with Crippen molar-refractivity contribution in [2.24, 2.45) is 5.73 Å². The average molecular weight is 364 g/mol. The van der Waals surface area contributed by atoms with Crippen LogP contribution in [-0.4, -0.2) is 12.5 Å². The number of carbonyl (C=O) groups is 1.